The Morgan fingerprint density at radius 2 is 1.81 bits per heavy atom. The lowest BCUT2D eigenvalue weighted by Crippen LogP contribution is -2.15. The molecule has 26 heavy (non-hydrogen) atoms. The number of carbonyl (C=O) groups excluding carboxylic acids is 1. The zero-order valence-corrected chi connectivity index (χ0v) is 15.6. The van der Waals surface area contributed by atoms with Crippen molar-refractivity contribution in [3.63, 3.8) is 0 Å². The van der Waals surface area contributed by atoms with E-state index < -0.39 is 5.91 Å². The van der Waals surface area contributed by atoms with Crippen molar-refractivity contribution in [2.45, 2.75) is 10.9 Å². The number of hydrogen-bond acceptors (Lipinski definition) is 4. The van der Waals surface area contributed by atoms with Crippen molar-refractivity contribution in [3.05, 3.63) is 81.8 Å². The number of amides is 1. The molecule has 0 saturated heterocycles. The van der Waals surface area contributed by atoms with Crippen LogP contribution in [0.4, 0.5) is 10.1 Å². The number of benzene rings is 2. The molecule has 1 amide bonds. The lowest BCUT2D eigenvalue weighted by molar-refractivity contribution is 0.102. The van der Waals surface area contributed by atoms with Crippen molar-refractivity contribution in [2.75, 3.05) is 5.32 Å². The summed E-state index contributed by atoms with van der Waals surface area (Å²) in [5.41, 5.74) is 1.44. The molecule has 0 fully saturated rings. The highest BCUT2D eigenvalue weighted by molar-refractivity contribution is 7.98. The standard InChI is InChI=1S/C18H12Cl2FN3OS/c19-13-3-1-2-4-15(13)23-17(25)16-14(20)9-22-18(24-16)26-10-11-5-7-12(21)8-6-11/h1-9H,10H2,(H,23,25). The zero-order valence-electron chi connectivity index (χ0n) is 13.2. The first-order chi connectivity index (χ1) is 12.5. The lowest BCUT2D eigenvalue weighted by atomic mass is 10.2. The van der Waals surface area contributed by atoms with E-state index in [1.54, 1.807) is 36.4 Å². The minimum absolute atomic E-state index is 0.0585. The van der Waals surface area contributed by atoms with Crippen LogP contribution in [0.1, 0.15) is 16.1 Å². The molecule has 0 aliphatic carbocycles. The molecule has 3 rings (SSSR count). The molecule has 1 N–H and O–H groups in total. The number of aromatic nitrogens is 2. The number of thioether (sulfide) groups is 1. The van der Waals surface area contributed by atoms with Gasteiger partial charge in [-0.15, -0.1) is 0 Å². The van der Waals surface area contributed by atoms with Gasteiger partial charge in [0.05, 0.1) is 21.9 Å². The van der Waals surface area contributed by atoms with Crippen molar-refractivity contribution in [3.8, 4) is 0 Å². The van der Waals surface area contributed by atoms with Crippen molar-refractivity contribution < 1.29 is 9.18 Å². The first kappa shape index (κ1) is 18.6. The Morgan fingerprint density at radius 1 is 1.08 bits per heavy atom. The van der Waals surface area contributed by atoms with E-state index in [1.165, 1.54) is 30.1 Å². The second kappa shape index (κ2) is 8.49. The van der Waals surface area contributed by atoms with Crippen LogP contribution in [0.3, 0.4) is 0 Å². The molecular weight excluding hydrogens is 396 g/mol. The van der Waals surface area contributed by atoms with Gasteiger partial charge in [0.15, 0.2) is 10.9 Å². The number of rotatable bonds is 5. The quantitative estimate of drug-likeness (QED) is 0.450. The van der Waals surface area contributed by atoms with E-state index in [9.17, 15) is 9.18 Å². The predicted molar refractivity (Wildman–Crippen MR) is 102 cm³/mol. The van der Waals surface area contributed by atoms with Crippen LogP contribution in [-0.4, -0.2) is 15.9 Å². The lowest BCUT2D eigenvalue weighted by Gasteiger charge is -2.08. The van der Waals surface area contributed by atoms with Crippen molar-refractivity contribution in [1.82, 2.24) is 9.97 Å². The van der Waals surface area contributed by atoms with Crippen LogP contribution in [-0.2, 0) is 5.75 Å². The highest BCUT2D eigenvalue weighted by atomic mass is 35.5. The largest absolute Gasteiger partial charge is 0.319 e. The number of para-hydroxylation sites is 1. The van der Waals surface area contributed by atoms with Gasteiger partial charge in [-0.1, -0.05) is 59.2 Å². The summed E-state index contributed by atoms with van der Waals surface area (Å²) in [5, 5.41) is 3.62. The van der Waals surface area contributed by atoms with Gasteiger partial charge in [-0.2, -0.15) is 0 Å². The molecule has 3 aromatic rings. The Bertz CT molecular complexity index is 938. The molecule has 0 bridgehead atoms. The molecule has 0 aliphatic heterocycles. The van der Waals surface area contributed by atoms with E-state index in [1.807, 2.05) is 0 Å². The Morgan fingerprint density at radius 3 is 2.54 bits per heavy atom. The molecule has 0 aliphatic rings. The smallest absolute Gasteiger partial charge is 0.276 e. The van der Waals surface area contributed by atoms with Crippen molar-refractivity contribution in [1.29, 1.82) is 0 Å². The van der Waals surface area contributed by atoms with E-state index >= 15 is 0 Å². The van der Waals surface area contributed by atoms with Crippen LogP contribution in [0.15, 0.2) is 59.9 Å². The van der Waals surface area contributed by atoms with Gasteiger partial charge in [0, 0.05) is 5.75 Å². The fraction of sp³-hybridized carbons (Fsp3) is 0.0556. The van der Waals surface area contributed by atoms with Crippen LogP contribution in [0.2, 0.25) is 10.0 Å². The Hall–Kier alpha value is -2.15. The maximum atomic E-state index is 12.9. The second-order valence-electron chi connectivity index (χ2n) is 5.20. The number of halogens is 3. The van der Waals surface area contributed by atoms with E-state index in [-0.39, 0.29) is 16.5 Å². The van der Waals surface area contributed by atoms with E-state index in [0.29, 0.717) is 21.6 Å². The molecule has 0 atom stereocenters. The highest BCUT2D eigenvalue weighted by Crippen LogP contribution is 2.24. The monoisotopic (exact) mass is 407 g/mol. The molecule has 4 nitrogen and oxygen atoms in total. The molecule has 0 unspecified atom stereocenters. The predicted octanol–water partition coefficient (Wildman–Crippen LogP) is 5.47. The van der Waals surface area contributed by atoms with Crippen molar-refractivity contribution in [2.24, 2.45) is 0 Å². The molecule has 132 valence electrons. The van der Waals surface area contributed by atoms with Gasteiger partial charge < -0.3 is 5.32 Å². The van der Waals surface area contributed by atoms with Gasteiger partial charge in [0.25, 0.3) is 5.91 Å². The molecule has 8 heteroatoms. The molecule has 0 radical (unpaired) electrons. The average Bonchev–Trinajstić information content (AvgIpc) is 2.64. The molecule has 2 aromatic carbocycles. The zero-order chi connectivity index (χ0) is 18.5. The van der Waals surface area contributed by atoms with E-state index in [4.69, 9.17) is 23.2 Å². The number of carbonyl (C=O) groups is 1. The first-order valence-electron chi connectivity index (χ1n) is 7.48. The van der Waals surface area contributed by atoms with Gasteiger partial charge in [0.2, 0.25) is 0 Å². The van der Waals surface area contributed by atoms with Gasteiger partial charge >= 0.3 is 0 Å². The van der Waals surface area contributed by atoms with Gasteiger partial charge in [0.1, 0.15) is 5.82 Å². The number of anilines is 1. The Balaban J connectivity index is 1.73. The van der Waals surface area contributed by atoms with Crippen LogP contribution >= 0.6 is 35.0 Å². The summed E-state index contributed by atoms with van der Waals surface area (Å²) < 4.78 is 12.9. The minimum atomic E-state index is -0.478. The first-order valence-corrected chi connectivity index (χ1v) is 9.23. The molecular formula is C18H12Cl2FN3OS. The molecule has 0 spiro atoms. The second-order valence-corrected chi connectivity index (χ2v) is 6.96. The Labute approximate surface area is 163 Å². The molecule has 1 heterocycles. The number of nitrogens with one attached hydrogen (secondary N) is 1. The minimum Gasteiger partial charge on any atom is -0.319 e. The third kappa shape index (κ3) is 4.72. The summed E-state index contributed by atoms with van der Waals surface area (Å²) in [6, 6.07) is 13.0. The summed E-state index contributed by atoms with van der Waals surface area (Å²) in [4.78, 5) is 20.8. The van der Waals surface area contributed by atoms with E-state index in [2.05, 4.69) is 15.3 Å². The van der Waals surface area contributed by atoms with Crippen LogP contribution in [0.25, 0.3) is 0 Å². The van der Waals surface area contributed by atoms with Gasteiger partial charge in [-0.3, -0.25) is 4.79 Å². The SMILES string of the molecule is O=C(Nc1ccccc1Cl)c1nc(SCc2ccc(F)cc2)ncc1Cl. The summed E-state index contributed by atoms with van der Waals surface area (Å²) in [6.07, 6.45) is 1.38. The third-order valence-electron chi connectivity index (χ3n) is 3.34. The fourth-order valence-electron chi connectivity index (χ4n) is 2.05. The van der Waals surface area contributed by atoms with Gasteiger partial charge in [-0.05, 0) is 29.8 Å². The summed E-state index contributed by atoms with van der Waals surface area (Å²) >= 11 is 13.4. The summed E-state index contributed by atoms with van der Waals surface area (Å²) in [5.74, 6) is -0.234. The topological polar surface area (TPSA) is 54.9 Å². The number of nitrogens with zero attached hydrogens (tertiary/aromatic N) is 2. The fourth-order valence-corrected chi connectivity index (χ4v) is 3.18. The van der Waals surface area contributed by atoms with Crippen LogP contribution in [0, 0.1) is 5.82 Å². The summed E-state index contributed by atoms with van der Waals surface area (Å²) in [7, 11) is 0. The summed E-state index contributed by atoms with van der Waals surface area (Å²) in [6.45, 7) is 0. The number of hydrogen-bond donors (Lipinski definition) is 1. The highest BCUT2D eigenvalue weighted by Gasteiger charge is 2.16. The maximum absolute atomic E-state index is 12.9. The van der Waals surface area contributed by atoms with Gasteiger partial charge in [-0.25, -0.2) is 14.4 Å². The maximum Gasteiger partial charge on any atom is 0.276 e. The van der Waals surface area contributed by atoms with Crippen LogP contribution in [0.5, 0.6) is 0 Å². The van der Waals surface area contributed by atoms with Crippen LogP contribution < -0.4 is 5.32 Å². The third-order valence-corrected chi connectivity index (χ3v) is 4.88. The molecule has 0 saturated carbocycles. The Kier molecular flexibility index (Phi) is 6.08. The van der Waals surface area contributed by atoms with Crippen molar-refractivity contribution >= 4 is 46.6 Å². The molecule has 1 aromatic heterocycles. The normalized spacial score (nSPS) is 10.6. The van der Waals surface area contributed by atoms with E-state index in [0.717, 1.165) is 5.56 Å². The average molecular weight is 408 g/mol.